The molecule has 3 heteroatoms. The van der Waals surface area contributed by atoms with Crippen molar-refractivity contribution in [3.63, 3.8) is 0 Å². The van der Waals surface area contributed by atoms with Crippen molar-refractivity contribution in [3.8, 4) is 0 Å². The Bertz CT molecular complexity index is 542. The van der Waals surface area contributed by atoms with Gasteiger partial charge in [0.15, 0.2) is 0 Å². The molecule has 0 amide bonds. The van der Waals surface area contributed by atoms with E-state index in [9.17, 15) is 9.50 Å². The molecule has 2 atom stereocenters. The van der Waals surface area contributed by atoms with E-state index in [0.29, 0.717) is 17.0 Å². The first kappa shape index (κ1) is 14.0. The molecule has 2 rings (SSSR count). The van der Waals surface area contributed by atoms with Crippen LogP contribution in [0.25, 0.3) is 0 Å². The predicted molar refractivity (Wildman–Crippen MR) is 75.8 cm³/mol. The van der Waals surface area contributed by atoms with Crippen LogP contribution in [0.15, 0.2) is 48.5 Å². The minimum atomic E-state index is -0.826. The van der Waals surface area contributed by atoms with Gasteiger partial charge in [0, 0.05) is 10.6 Å². The number of aliphatic hydroxyl groups excluding tert-OH is 1. The Morgan fingerprint density at radius 2 is 1.84 bits per heavy atom. The lowest BCUT2D eigenvalue weighted by atomic mass is 9.92. The largest absolute Gasteiger partial charge is 0.388 e. The lowest BCUT2D eigenvalue weighted by molar-refractivity contribution is 0.155. The number of hydrogen-bond acceptors (Lipinski definition) is 1. The molecule has 0 fully saturated rings. The Kier molecular flexibility index (Phi) is 4.56. The third kappa shape index (κ3) is 3.55. The molecule has 0 aliphatic heterocycles. The maximum absolute atomic E-state index is 13.7. The SMILES string of the molecule is CC(CC(O)c1ccc(Cl)cc1F)c1ccccc1. The number of benzene rings is 2. The summed E-state index contributed by atoms with van der Waals surface area (Å²) in [5, 5.41) is 10.5. The standard InChI is InChI=1S/C16H16ClFO/c1-11(12-5-3-2-4-6-12)9-16(19)14-8-7-13(17)10-15(14)18/h2-8,10-11,16,19H,9H2,1H3. The second-order valence-corrected chi connectivity index (χ2v) is 5.17. The summed E-state index contributed by atoms with van der Waals surface area (Å²) in [5.74, 6) is -0.300. The fourth-order valence-corrected chi connectivity index (χ4v) is 2.31. The van der Waals surface area contributed by atoms with Crippen LogP contribution in [0.4, 0.5) is 4.39 Å². The van der Waals surface area contributed by atoms with Crippen molar-refractivity contribution in [3.05, 3.63) is 70.5 Å². The van der Waals surface area contributed by atoms with Crippen molar-refractivity contribution in [2.45, 2.75) is 25.4 Å². The van der Waals surface area contributed by atoms with E-state index in [1.807, 2.05) is 37.3 Å². The molecule has 1 N–H and O–H groups in total. The van der Waals surface area contributed by atoms with Crippen molar-refractivity contribution in [1.29, 1.82) is 0 Å². The van der Waals surface area contributed by atoms with E-state index in [-0.39, 0.29) is 5.92 Å². The van der Waals surface area contributed by atoms with E-state index in [2.05, 4.69) is 0 Å². The van der Waals surface area contributed by atoms with Crippen molar-refractivity contribution in [2.24, 2.45) is 0 Å². The highest BCUT2D eigenvalue weighted by atomic mass is 35.5. The maximum atomic E-state index is 13.7. The van der Waals surface area contributed by atoms with Gasteiger partial charge in [0.1, 0.15) is 5.82 Å². The van der Waals surface area contributed by atoms with E-state index >= 15 is 0 Å². The number of rotatable bonds is 4. The fraction of sp³-hybridized carbons (Fsp3) is 0.250. The summed E-state index contributed by atoms with van der Waals surface area (Å²) >= 11 is 5.70. The number of hydrogen-bond donors (Lipinski definition) is 1. The fourth-order valence-electron chi connectivity index (χ4n) is 2.15. The minimum Gasteiger partial charge on any atom is -0.388 e. The van der Waals surface area contributed by atoms with Crippen LogP contribution in [-0.2, 0) is 0 Å². The third-order valence-electron chi connectivity index (χ3n) is 3.27. The van der Waals surface area contributed by atoms with Gasteiger partial charge in [-0.2, -0.15) is 0 Å². The molecule has 0 aromatic heterocycles. The highest BCUT2D eigenvalue weighted by molar-refractivity contribution is 6.30. The summed E-state index contributed by atoms with van der Waals surface area (Å²) < 4.78 is 13.7. The summed E-state index contributed by atoms with van der Waals surface area (Å²) in [4.78, 5) is 0. The zero-order valence-electron chi connectivity index (χ0n) is 10.7. The average molecular weight is 279 g/mol. The van der Waals surface area contributed by atoms with Gasteiger partial charge in [0.25, 0.3) is 0 Å². The predicted octanol–water partition coefficient (Wildman–Crippen LogP) is 4.71. The molecule has 0 radical (unpaired) electrons. The molecule has 2 aromatic rings. The second-order valence-electron chi connectivity index (χ2n) is 4.73. The Hall–Kier alpha value is -1.38. The van der Waals surface area contributed by atoms with Gasteiger partial charge < -0.3 is 5.11 Å². The maximum Gasteiger partial charge on any atom is 0.130 e. The monoisotopic (exact) mass is 278 g/mol. The van der Waals surface area contributed by atoms with Gasteiger partial charge >= 0.3 is 0 Å². The highest BCUT2D eigenvalue weighted by Crippen LogP contribution is 2.29. The Morgan fingerprint density at radius 3 is 2.47 bits per heavy atom. The first-order valence-corrected chi connectivity index (χ1v) is 6.63. The van der Waals surface area contributed by atoms with Gasteiger partial charge in [-0.25, -0.2) is 4.39 Å². The molecule has 19 heavy (non-hydrogen) atoms. The molecule has 0 saturated heterocycles. The van der Waals surface area contributed by atoms with E-state index in [1.54, 1.807) is 12.1 Å². The molecular weight excluding hydrogens is 263 g/mol. The number of aliphatic hydroxyl groups is 1. The van der Waals surface area contributed by atoms with Gasteiger partial charge in [-0.05, 0) is 30.0 Å². The molecule has 0 aliphatic rings. The highest BCUT2D eigenvalue weighted by Gasteiger charge is 2.17. The molecule has 0 aliphatic carbocycles. The van der Waals surface area contributed by atoms with Crippen LogP contribution in [0.2, 0.25) is 5.02 Å². The van der Waals surface area contributed by atoms with Gasteiger partial charge in [0.05, 0.1) is 6.10 Å². The summed E-state index contributed by atoms with van der Waals surface area (Å²) in [5.41, 5.74) is 1.43. The van der Waals surface area contributed by atoms with E-state index in [4.69, 9.17) is 11.6 Å². The summed E-state index contributed by atoms with van der Waals surface area (Å²) in [6, 6.07) is 14.3. The Balaban J connectivity index is 2.10. The van der Waals surface area contributed by atoms with E-state index < -0.39 is 11.9 Å². The summed E-state index contributed by atoms with van der Waals surface area (Å²) in [6.45, 7) is 2.02. The zero-order valence-corrected chi connectivity index (χ0v) is 11.4. The lowest BCUT2D eigenvalue weighted by Gasteiger charge is -2.17. The number of halogens is 2. The topological polar surface area (TPSA) is 20.2 Å². The molecule has 1 nitrogen and oxygen atoms in total. The Labute approximate surface area is 117 Å². The van der Waals surface area contributed by atoms with Crippen LogP contribution in [-0.4, -0.2) is 5.11 Å². The van der Waals surface area contributed by atoms with E-state index in [1.165, 1.54) is 6.07 Å². The third-order valence-corrected chi connectivity index (χ3v) is 3.50. The smallest absolute Gasteiger partial charge is 0.130 e. The van der Waals surface area contributed by atoms with Crippen molar-refractivity contribution in [2.75, 3.05) is 0 Å². The molecule has 100 valence electrons. The molecular formula is C16H16ClFO. The van der Waals surface area contributed by atoms with Crippen LogP contribution >= 0.6 is 11.6 Å². The van der Waals surface area contributed by atoms with Gasteiger partial charge in [-0.3, -0.25) is 0 Å². The average Bonchev–Trinajstić information content (AvgIpc) is 2.39. The molecule has 2 aromatic carbocycles. The zero-order chi connectivity index (χ0) is 13.8. The summed E-state index contributed by atoms with van der Waals surface area (Å²) in [7, 11) is 0. The van der Waals surface area contributed by atoms with Crippen molar-refractivity contribution in [1.82, 2.24) is 0 Å². The van der Waals surface area contributed by atoms with Crippen LogP contribution in [0.1, 0.15) is 36.5 Å². The van der Waals surface area contributed by atoms with Crippen molar-refractivity contribution >= 4 is 11.6 Å². The Morgan fingerprint density at radius 1 is 1.16 bits per heavy atom. The van der Waals surface area contributed by atoms with Crippen LogP contribution in [0.5, 0.6) is 0 Å². The summed E-state index contributed by atoms with van der Waals surface area (Å²) in [6.07, 6.45) is -0.352. The van der Waals surface area contributed by atoms with Gasteiger partial charge in [-0.15, -0.1) is 0 Å². The van der Waals surface area contributed by atoms with Crippen molar-refractivity contribution < 1.29 is 9.50 Å². The first-order valence-electron chi connectivity index (χ1n) is 6.26. The van der Waals surface area contributed by atoms with Crippen LogP contribution in [0, 0.1) is 5.82 Å². The van der Waals surface area contributed by atoms with E-state index in [0.717, 1.165) is 5.56 Å². The quantitative estimate of drug-likeness (QED) is 0.859. The van der Waals surface area contributed by atoms with Gasteiger partial charge in [-0.1, -0.05) is 54.9 Å². The lowest BCUT2D eigenvalue weighted by Crippen LogP contribution is -2.05. The molecule has 0 bridgehead atoms. The van der Waals surface area contributed by atoms with Crippen LogP contribution in [0.3, 0.4) is 0 Å². The molecule has 0 spiro atoms. The molecule has 2 unspecified atom stereocenters. The normalized spacial score (nSPS) is 14.1. The minimum absolute atomic E-state index is 0.159. The second kappa shape index (κ2) is 6.18. The molecule has 0 saturated carbocycles. The van der Waals surface area contributed by atoms with Gasteiger partial charge in [0.2, 0.25) is 0 Å². The first-order chi connectivity index (χ1) is 9.08. The van der Waals surface area contributed by atoms with Crippen LogP contribution < -0.4 is 0 Å². The molecule has 0 heterocycles.